The first-order valence-corrected chi connectivity index (χ1v) is 8.45. The number of nitrogens with two attached hydrogens (primary N) is 1. The van der Waals surface area contributed by atoms with Crippen molar-refractivity contribution in [2.75, 3.05) is 6.61 Å². The fraction of sp³-hybridized carbons (Fsp3) is 0.556. The van der Waals surface area contributed by atoms with Crippen LogP contribution >= 0.6 is 12.4 Å². The largest absolute Gasteiger partial charge is 0.484 e. The highest BCUT2D eigenvalue weighted by molar-refractivity contribution is 5.85. The van der Waals surface area contributed by atoms with E-state index in [-0.39, 0.29) is 42.8 Å². The first-order chi connectivity index (χ1) is 11.4. The standard InChI is InChI=1S/C18H27N3O3.ClH/c1-11(2)17(19)18(23)20-12(3)13-4-8-15(9-5-13)24-10-16(22)21-14-6-7-14;/h4-5,8-9,11-12,14,17H,6-7,10,19H2,1-3H3,(H,20,23)(H,21,22);1H/t12?,17-;/m0./s1. The Morgan fingerprint density at radius 3 is 2.32 bits per heavy atom. The number of carbonyl (C=O) groups excluding carboxylic acids is 2. The predicted molar refractivity (Wildman–Crippen MR) is 99.7 cm³/mol. The summed E-state index contributed by atoms with van der Waals surface area (Å²) in [7, 11) is 0. The zero-order valence-electron chi connectivity index (χ0n) is 15.0. The Morgan fingerprint density at radius 2 is 1.80 bits per heavy atom. The Balaban J connectivity index is 0.00000312. The molecular formula is C18H28ClN3O3. The predicted octanol–water partition coefficient (Wildman–Crippen LogP) is 1.93. The molecular weight excluding hydrogens is 342 g/mol. The maximum absolute atomic E-state index is 12.0. The second-order valence-electron chi connectivity index (χ2n) is 6.70. The molecule has 0 saturated heterocycles. The van der Waals surface area contributed by atoms with Gasteiger partial charge in [-0.05, 0) is 43.4 Å². The van der Waals surface area contributed by atoms with Gasteiger partial charge in [0, 0.05) is 6.04 Å². The molecule has 2 rings (SSSR count). The highest BCUT2D eigenvalue weighted by Crippen LogP contribution is 2.19. The fourth-order valence-electron chi connectivity index (χ4n) is 2.19. The molecule has 1 aliphatic rings. The van der Waals surface area contributed by atoms with Gasteiger partial charge in [-0.2, -0.15) is 0 Å². The van der Waals surface area contributed by atoms with Crippen LogP contribution in [-0.2, 0) is 9.59 Å². The van der Waals surface area contributed by atoms with Crippen molar-refractivity contribution in [2.45, 2.75) is 51.7 Å². The molecule has 2 amide bonds. The van der Waals surface area contributed by atoms with E-state index in [0.29, 0.717) is 11.8 Å². The smallest absolute Gasteiger partial charge is 0.258 e. The van der Waals surface area contributed by atoms with E-state index in [1.165, 1.54) is 0 Å². The van der Waals surface area contributed by atoms with Gasteiger partial charge >= 0.3 is 0 Å². The van der Waals surface area contributed by atoms with Gasteiger partial charge in [-0.1, -0.05) is 26.0 Å². The Labute approximate surface area is 155 Å². The molecule has 1 fully saturated rings. The van der Waals surface area contributed by atoms with E-state index in [4.69, 9.17) is 10.5 Å². The number of halogens is 1. The molecule has 0 radical (unpaired) electrons. The number of ether oxygens (including phenoxy) is 1. The number of hydrogen-bond acceptors (Lipinski definition) is 4. The van der Waals surface area contributed by atoms with Crippen molar-refractivity contribution in [3.63, 3.8) is 0 Å². The third-order valence-corrected chi connectivity index (χ3v) is 4.07. The van der Waals surface area contributed by atoms with Crippen molar-refractivity contribution in [1.82, 2.24) is 10.6 Å². The highest BCUT2D eigenvalue weighted by atomic mass is 35.5. The van der Waals surface area contributed by atoms with Crippen LogP contribution < -0.4 is 21.1 Å². The number of benzene rings is 1. The second kappa shape index (κ2) is 9.63. The van der Waals surface area contributed by atoms with Crippen LogP contribution in [0.25, 0.3) is 0 Å². The van der Waals surface area contributed by atoms with Gasteiger partial charge in [0.25, 0.3) is 5.91 Å². The minimum absolute atomic E-state index is 0. The van der Waals surface area contributed by atoms with Crippen LogP contribution in [0.2, 0.25) is 0 Å². The molecule has 2 atom stereocenters. The molecule has 0 aromatic heterocycles. The SMILES string of the molecule is CC(NC(=O)[C@@H](N)C(C)C)c1ccc(OCC(=O)NC2CC2)cc1.Cl. The molecule has 0 heterocycles. The van der Waals surface area contributed by atoms with Crippen LogP contribution in [0.5, 0.6) is 5.75 Å². The summed E-state index contributed by atoms with van der Waals surface area (Å²) in [5.41, 5.74) is 6.80. The van der Waals surface area contributed by atoms with E-state index in [0.717, 1.165) is 18.4 Å². The summed E-state index contributed by atoms with van der Waals surface area (Å²) >= 11 is 0. The fourth-order valence-corrected chi connectivity index (χ4v) is 2.19. The number of rotatable bonds is 8. The van der Waals surface area contributed by atoms with Gasteiger partial charge in [-0.25, -0.2) is 0 Å². The van der Waals surface area contributed by atoms with Gasteiger partial charge in [0.15, 0.2) is 6.61 Å². The van der Waals surface area contributed by atoms with Crippen LogP contribution in [0.3, 0.4) is 0 Å². The summed E-state index contributed by atoms with van der Waals surface area (Å²) in [4.78, 5) is 23.6. The Kier molecular flexibility index (Phi) is 8.19. The summed E-state index contributed by atoms with van der Waals surface area (Å²) < 4.78 is 5.46. The lowest BCUT2D eigenvalue weighted by Gasteiger charge is -2.20. The summed E-state index contributed by atoms with van der Waals surface area (Å²) in [5.74, 6) is 0.469. The molecule has 1 aromatic carbocycles. The van der Waals surface area contributed by atoms with Gasteiger partial charge < -0.3 is 21.1 Å². The number of carbonyl (C=O) groups is 2. The van der Waals surface area contributed by atoms with Crippen LogP contribution in [0, 0.1) is 5.92 Å². The third kappa shape index (κ3) is 6.92. The van der Waals surface area contributed by atoms with Crippen molar-refractivity contribution in [1.29, 1.82) is 0 Å². The van der Waals surface area contributed by atoms with E-state index in [1.54, 1.807) is 12.1 Å². The summed E-state index contributed by atoms with van der Waals surface area (Å²) in [6, 6.07) is 7.02. The molecule has 7 heteroatoms. The topological polar surface area (TPSA) is 93.5 Å². The van der Waals surface area contributed by atoms with Crippen LogP contribution in [0.1, 0.15) is 45.2 Å². The van der Waals surface area contributed by atoms with Crippen LogP contribution in [0.4, 0.5) is 0 Å². The quantitative estimate of drug-likeness (QED) is 0.652. The average molecular weight is 370 g/mol. The molecule has 0 spiro atoms. The number of amides is 2. The van der Waals surface area contributed by atoms with Crippen molar-refractivity contribution in [2.24, 2.45) is 11.7 Å². The van der Waals surface area contributed by atoms with E-state index < -0.39 is 6.04 Å². The molecule has 0 aliphatic heterocycles. The number of nitrogens with one attached hydrogen (secondary N) is 2. The summed E-state index contributed by atoms with van der Waals surface area (Å²) in [5, 5.41) is 5.78. The van der Waals surface area contributed by atoms with E-state index >= 15 is 0 Å². The van der Waals surface area contributed by atoms with E-state index in [2.05, 4.69) is 10.6 Å². The van der Waals surface area contributed by atoms with Crippen molar-refractivity contribution in [3.8, 4) is 5.75 Å². The van der Waals surface area contributed by atoms with Crippen molar-refractivity contribution in [3.05, 3.63) is 29.8 Å². The lowest BCUT2D eigenvalue weighted by Crippen LogP contribution is -2.44. The minimum atomic E-state index is -0.514. The Morgan fingerprint density at radius 1 is 1.20 bits per heavy atom. The lowest BCUT2D eigenvalue weighted by molar-refractivity contribution is -0.124. The first kappa shape index (κ1) is 21.3. The average Bonchev–Trinajstić information content (AvgIpc) is 3.36. The molecule has 25 heavy (non-hydrogen) atoms. The van der Waals surface area contributed by atoms with Crippen molar-refractivity contribution >= 4 is 24.2 Å². The molecule has 140 valence electrons. The minimum Gasteiger partial charge on any atom is -0.484 e. The molecule has 4 N–H and O–H groups in total. The van der Waals surface area contributed by atoms with E-state index in [9.17, 15) is 9.59 Å². The lowest BCUT2D eigenvalue weighted by atomic mass is 10.0. The summed E-state index contributed by atoms with van der Waals surface area (Å²) in [6.45, 7) is 5.76. The first-order valence-electron chi connectivity index (χ1n) is 8.45. The monoisotopic (exact) mass is 369 g/mol. The van der Waals surface area contributed by atoms with Gasteiger partial charge in [-0.15, -0.1) is 12.4 Å². The molecule has 1 saturated carbocycles. The normalized spacial score (nSPS) is 15.7. The van der Waals surface area contributed by atoms with Gasteiger partial charge in [0.2, 0.25) is 5.91 Å². The van der Waals surface area contributed by atoms with E-state index in [1.807, 2.05) is 32.9 Å². The Hall–Kier alpha value is -1.79. The molecule has 1 aromatic rings. The highest BCUT2D eigenvalue weighted by Gasteiger charge is 2.23. The third-order valence-electron chi connectivity index (χ3n) is 4.07. The van der Waals surface area contributed by atoms with Crippen LogP contribution in [-0.4, -0.2) is 30.5 Å². The van der Waals surface area contributed by atoms with Gasteiger partial charge in [0.1, 0.15) is 5.75 Å². The maximum atomic E-state index is 12.0. The molecule has 0 bridgehead atoms. The zero-order valence-corrected chi connectivity index (χ0v) is 15.8. The molecule has 1 unspecified atom stereocenters. The summed E-state index contributed by atoms with van der Waals surface area (Å²) in [6.07, 6.45) is 2.12. The Bertz CT molecular complexity index is 573. The van der Waals surface area contributed by atoms with Gasteiger partial charge in [-0.3, -0.25) is 9.59 Å². The molecule has 6 nitrogen and oxygen atoms in total. The maximum Gasteiger partial charge on any atom is 0.258 e. The number of hydrogen-bond donors (Lipinski definition) is 3. The van der Waals surface area contributed by atoms with Crippen LogP contribution in [0.15, 0.2) is 24.3 Å². The second-order valence-corrected chi connectivity index (χ2v) is 6.70. The molecule has 1 aliphatic carbocycles. The van der Waals surface area contributed by atoms with Gasteiger partial charge in [0.05, 0.1) is 12.1 Å². The zero-order chi connectivity index (χ0) is 17.7. The van der Waals surface area contributed by atoms with Crippen molar-refractivity contribution < 1.29 is 14.3 Å².